The zero-order chi connectivity index (χ0) is 32.8. The van der Waals surface area contributed by atoms with Crippen LogP contribution in [0.25, 0.3) is 12.2 Å². The van der Waals surface area contributed by atoms with Crippen molar-refractivity contribution in [3.8, 4) is 5.75 Å². The molecule has 0 spiro atoms. The Bertz CT molecular complexity index is 1490. The summed E-state index contributed by atoms with van der Waals surface area (Å²) >= 11 is 0. The van der Waals surface area contributed by atoms with Crippen LogP contribution in [0.15, 0.2) is 48.5 Å². The highest BCUT2D eigenvalue weighted by molar-refractivity contribution is 5.70. The molecule has 1 saturated carbocycles. The van der Waals surface area contributed by atoms with Crippen LogP contribution in [0.1, 0.15) is 92.8 Å². The Morgan fingerprint density at radius 1 is 0.783 bits per heavy atom. The first kappa shape index (κ1) is 34.0. The largest absolute Gasteiger partial charge is 0.432 e. The third kappa shape index (κ3) is 8.31. The second-order valence-electron chi connectivity index (χ2n) is 12.2. The van der Waals surface area contributed by atoms with Crippen LogP contribution in [-0.4, -0.2) is 19.3 Å². The number of hydrogen-bond donors (Lipinski definition) is 0. The molecular formula is C36H37F7O3. The molecule has 1 heterocycles. The van der Waals surface area contributed by atoms with Gasteiger partial charge in [0.1, 0.15) is 17.4 Å². The first-order chi connectivity index (χ1) is 22.0. The van der Waals surface area contributed by atoms with Crippen LogP contribution in [0.2, 0.25) is 0 Å². The summed E-state index contributed by atoms with van der Waals surface area (Å²) in [7, 11) is 0. The van der Waals surface area contributed by atoms with Gasteiger partial charge in [-0.15, -0.1) is 0 Å². The normalized spacial score (nSPS) is 22.3. The second-order valence-corrected chi connectivity index (χ2v) is 12.2. The lowest BCUT2D eigenvalue weighted by atomic mass is 9.78. The van der Waals surface area contributed by atoms with Gasteiger partial charge in [-0.3, -0.25) is 0 Å². The molecule has 0 atom stereocenters. The van der Waals surface area contributed by atoms with Crippen molar-refractivity contribution in [2.75, 3.05) is 13.2 Å². The number of halogens is 7. The fourth-order valence-corrected chi connectivity index (χ4v) is 6.15. The van der Waals surface area contributed by atoms with Gasteiger partial charge in [0.2, 0.25) is 0 Å². The topological polar surface area (TPSA) is 27.7 Å². The molecule has 1 saturated heterocycles. The zero-order valence-corrected chi connectivity index (χ0v) is 25.5. The summed E-state index contributed by atoms with van der Waals surface area (Å²) in [6.07, 6.45) is 3.73. The molecule has 0 amide bonds. The van der Waals surface area contributed by atoms with E-state index in [2.05, 4.69) is 11.7 Å². The highest BCUT2D eigenvalue weighted by atomic mass is 19.3. The lowest BCUT2D eigenvalue weighted by molar-refractivity contribution is -0.222. The van der Waals surface area contributed by atoms with E-state index in [1.54, 1.807) is 36.4 Å². The zero-order valence-electron chi connectivity index (χ0n) is 25.5. The number of alkyl halides is 2. The summed E-state index contributed by atoms with van der Waals surface area (Å²) in [5.74, 6) is -8.04. The van der Waals surface area contributed by atoms with Crippen molar-refractivity contribution in [1.29, 1.82) is 0 Å². The molecule has 2 fully saturated rings. The van der Waals surface area contributed by atoms with E-state index in [0.717, 1.165) is 19.3 Å². The minimum absolute atomic E-state index is 0.0172. The van der Waals surface area contributed by atoms with Crippen molar-refractivity contribution in [3.05, 3.63) is 99.9 Å². The van der Waals surface area contributed by atoms with Gasteiger partial charge in [0.25, 0.3) is 0 Å². The number of rotatable bonds is 11. The van der Waals surface area contributed by atoms with Crippen LogP contribution in [0.4, 0.5) is 30.7 Å². The molecule has 3 aromatic rings. The first-order valence-electron chi connectivity index (χ1n) is 15.8. The standard InChI is InChI=1S/C36H37F7O3/c1-2-3-4-5-23-20-44-35(45-21-23)26-10-9-25(30(37)17-26)8-6-22-7-15-29(31(38)16-22)24-11-13-27(14-12-24)36(42,43)46-28-18-32(39)34(41)33(40)19-28/h6-10,15-19,23-24,27,35H,2-5,11-14,20-21H2,1H3/b8-6+. The van der Waals surface area contributed by atoms with Gasteiger partial charge in [-0.05, 0) is 61.3 Å². The van der Waals surface area contributed by atoms with Crippen LogP contribution in [0, 0.1) is 40.9 Å². The average molecular weight is 651 g/mol. The van der Waals surface area contributed by atoms with Crippen LogP contribution in [-0.2, 0) is 9.47 Å². The molecule has 1 aliphatic carbocycles. The quantitative estimate of drug-likeness (QED) is 0.0895. The molecular weight excluding hydrogens is 613 g/mol. The lowest BCUT2D eigenvalue weighted by Gasteiger charge is -2.33. The van der Waals surface area contributed by atoms with Crippen molar-refractivity contribution in [2.45, 2.75) is 76.6 Å². The van der Waals surface area contributed by atoms with Crippen LogP contribution in [0.3, 0.4) is 0 Å². The molecule has 0 bridgehead atoms. The van der Waals surface area contributed by atoms with Crippen molar-refractivity contribution in [1.82, 2.24) is 0 Å². The Kier molecular flexibility index (Phi) is 11.1. The first-order valence-corrected chi connectivity index (χ1v) is 15.8. The van der Waals surface area contributed by atoms with Gasteiger partial charge in [-0.1, -0.05) is 62.6 Å². The van der Waals surface area contributed by atoms with Crippen molar-refractivity contribution >= 4 is 12.2 Å². The third-order valence-corrected chi connectivity index (χ3v) is 8.81. The van der Waals surface area contributed by atoms with E-state index in [9.17, 15) is 26.3 Å². The molecule has 5 rings (SSSR count). The number of ether oxygens (including phenoxy) is 3. The van der Waals surface area contributed by atoms with Crippen molar-refractivity contribution in [2.24, 2.45) is 11.8 Å². The molecule has 3 aromatic carbocycles. The molecule has 10 heteroatoms. The Labute approximate surface area is 264 Å². The Balaban J connectivity index is 1.14. The predicted molar refractivity (Wildman–Crippen MR) is 161 cm³/mol. The van der Waals surface area contributed by atoms with Gasteiger partial charge in [0, 0.05) is 29.2 Å². The van der Waals surface area contributed by atoms with Crippen LogP contribution < -0.4 is 4.74 Å². The van der Waals surface area contributed by atoms with Gasteiger partial charge >= 0.3 is 6.11 Å². The number of unbranched alkanes of at least 4 members (excludes halogenated alkanes) is 2. The minimum atomic E-state index is -3.75. The van der Waals surface area contributed by atoms with E-state index in [1.807, 2.05) is 0 Å². The van der Waals surface area contributed by atoms with Gasteiger partial charge in [0.05, 0.1) is 19.1 Å². The van der Waals surface area contributed by atoms with E-state index in [1.165, 1.54) is 18.6 Å². The molecule has 2 aliphatic rings. The lowest BCUT2D eigenvalue weighted by Crippen LogP contribution is -2.37. The van der Waals surface area contributed by atoms with E-state index in [4.69, 9.17) is 9.47 Å². The van der Waals surface area contributed by atoms with Crippen LogP contribution >= 0.6 is 0 Å². The summed E-state index contributed by atoms with van der Waals surface area (Å²) in [5.41, 5.74) is 1.80. The number of benzene rings is 3. The number of hydrogen-bond acceptors (Lipinski definition) is 3. The monoisotopic (exact) mass is 650 g/mol. The summed E-state index contributed by atoms with van der Waals surface area (Å²) in [5, 5.41) is 0. The van der Waals surface area contributed by atoms with Crippen molar-refractivity contribution in [3.63, 3.8) is 0 Å². The highest BCUT2D eigenvalue weighted by Crippen LogP contribution is 2.44. The van der Waals surface area contributed by atoms with E-state index < -0.39 is 53.2 Å². The van der Waals surface area contributed by atoms with E-state index in [-0.39, 0.29) is 31.6 Å². The Morgan fingerprint density at radius 3 is 2.11 bits per heavy atom. The van der Waals surface area contributed by atoms with E-state index >= 15 is 4.39 Å². The predicted octanol–water partition coefficient (Wildman–Crippen LogP) is 10.7. The van der Waals surface area contributed by atoms with Gasteiger partial charge in [0.15, 0.2) is 23.7 Å². The van der Waals surface area contributed by atoms with Gasteiger partial charge in [-0.2, -0.15) is 8.78 Å². The maximum absolute atomic E-state index is 15.1. The summed E-state index contributed by atoms with van der Waals surface area (Å²) < 4.78 is 116. The molecule has 0 unspecified atom stereocenters. The molecule has 1 aliphatic heterocycles. The summed E-state index contributed by atoms with van der Waals surface area (Å²) in [6, 6.07) is 10.1. The molecule has 0 aromatic heterocycles. The smallest absolute Gasteiger partial charge is 0.400 e. The molecule has 248 valence electrons. The van der Waals surface area contributed by atoms with E-state index in [0.29, 0.717) is 53.5 Å². The average Bonchev–Trinajstić information content (AvgIpc) is 3.03. The maximum Gasteiger partial charge on any atom is 0.400 e. The second kappa shape index (κ2) is 15.0. The highest BCUT2D eigenvalue weighted by Gasteiger charge is 2.44. The summed E-state index contributed by atoms with van der Waals surface area (Å²) in [4.78, 5) is 0. The van der Waals surface area contributed by atoms with Gasteiger partial charge < -0.3 is 14.2 Å². The maximum atomic E-state index is 15.1. The Morgan fingerprint density at radius 2 is 1.48 bits per heavy atom. The van der Waals surface area contributed by atoms with Crippen molar-refractivity contribution < 1.29 is 44.9 Å². The minimum Gasteiger partial charge on any atom is -0.432 e. The fourth-order valence-electron chi connectivity index (χ4n) is 6.15. The van der Waals surface area contributed by atoms with Crippen LogP contribution in [0.5, 0.6) is 5.75 Å². The SMILES string of the molecule is CCCCCC1COC(c2ccc(/C=C/c3ccc(C4CCC(C(F)(F)Oc5cc(F)c(F)c(F)c5)CC4)c(F)c3)c(F)c2)OC1. The van der Waals surface area contributed by atoms with Gasteiger partial charge in [-0.25, -0.2) is 22.0 Å². The fraction of sp³-hybridized carbons (Fsp3) is 0.444. The molecule has 0 N–H and O–H groups in total. The molecule has 46 heavy (non-hydrogen) atoms. The Hall–Kier alpha value is -3.37. The molecule has 0 radical (unpaired) electrons. The molecule has 3 nitrogen and oxygen atoms in total. The summed E-state index contributed by atoms with van der Waals surface area (Å²) in [6.45, 7) is 3.30. The third-order valence-electron chi connectivity index (χ3n) is 8.81.